The maximum Gasteiger partial charge on any atom is 0.228 e. The van der Waals surface area contributed by atoms with Crippen LogP contribution in [0.1, 0.15) is 17.3 Å². The normalized spacial score (nSPS) is 15.0. The molecule has 32 heavy (non-hydrogen) atoms. The van der Waals surface area contributed by atoms with E-state index in [-0.39, 0.29) is 5.92 Å². The molecule has 1 aliphatic heterocycles. The summed E-state index contributed by atoms with van der Waals surface area (Å²) in [6.07, 6.45) is 4.39. The molecule has 0 amide bonds. The first-order valence-corrected chi connectivity index (χ1v) is 10.5. The lowest BCUT2D eigenvalue weighted by atomic mass is 9.97. The molecule has 158 valence electrons. The van der Waals surface area contributed by atoms with Gasteiger partial charge < -0.3 is 10.6 Å². The Balaban J connectivity index is 1.33. The van der Waals surface area contributed by atoms with E-state index in [9.17, 15) is 0 Å². The minimum atomic E-state index is 0.263. The first-order chi connectivity index (χ1) is 15.7. The molecule has 0 saturated heterocycles. The Morgan fingerprint density at radius 3 is 2.81 bits per heavy atom. The number of benzene rings is 1. The number of nitrogens with one attached hydrogen (secondary N) is 2. The second kappa shape index (κ2) is 7.45. The molecule has 0 radical (unpaired) electrons. The number of anilines is 3. The quantitative estimate of drug-likeness (QED) is 0.447. The monoisotopic (exact) mass is 423 g/mol. The number of rotatable bonds is 5. The molecule has 2 N–H and O–H groups in total. The van der Waals surface area contributed by atoms with Gasteiger partial charge in [-0.25, -0.2) is 9.97 Å². The van der Waals surface area contributed by atoms with Crippen molar-refractivity contribution in [1.29, 1.82) is 0 Å². The van der Waals surface area contributed by atoms with Crippen LogP contribution in [0.15, 0.2) is 67.0 Å². The zero-order valence-corrected chi connectivity index (χ0v) is 17.5. The van der Waals surface area contributed by atoms with Crippen LogP contribution in [0.3, 0.4) is 0 Å². The molecule has 9 nitrogen and oxygen atoms in total. The van der Waals surface area contributed by atoms with E-state index >= 15 is 0 Å². The van der Waals surface area contributed by atoms with Gasteiger partial charge in [-0.15, -0.1) is 10.2 Å². The van der Waals surface area contributed by atoms with E-state index < -0.39 is 0 Å². The zero-order chi connectivity index (χ0) is 21.5. The fourth-order valence-electron chi connectivity index (χ4n) is 4.16. The number of hydrogen-bond donors (Lipinski definition) is 2. The molecule has 0 saturated carbocycles. The van der Waals surface area contributed by atoms with E-state index in [1.807, 2.05) is 31.3 Å². The summed E-state index contributed by atoms with van der Waals surface area (Å²) >= 11 is 0. The average Bonchev–Trinajstić information content (AvgIpc) is 3.44. The Hall–Kier alpha value is -4.27. The number of hydrogen-bond acceptors (Lipinski definition) is 7. The van der Waals surface area contributed by atoms with Gasteiger partial charge in [0.25, 0.3) is 0 Å². The lowest BCUT2D eigenvalue weighted by Crippen LogP contribution is -2.24. The van der Waals surface area contributed by atoms with Crippen molar-refractivity contribution in [1.82, 2.24) is 34.3 Å². The summed E-state index contributed by atoms with van der Waals surface area (Å²) < 4.78 is 3.84. The van der Waals surface area contributed by atoms with Gasteiger partial charge in [0.1, 0.15) is 17.5 Å². The van der Waals surface area contributed by atoms with E-state index in [1.165, 1.54) is 5.56 Å². The topological polar surface area (TPSA) is 97.9 Å². The van der Waals surface area contributed by atoms with Crippen molar-refractivity contribution in [3.05, 3.63) is 78.4 Å². The first kappa shape index (κ1) is 18.5. The van der Waals surface area contributed by atoms with Gasteiger partial charge in [-0.2, -0.15) is 5.10 Å². The van der Waals surface area contributed by atoms with Crippen LogP contribution in [0.25, 0.3) is 16.9 Å². The molecule has 9 heteroatoms. The molecule has 0 fully saturated rings. The summed E-state index contributed by atoms with van der Waals surface area (Å²) in [4.78, 5) is 9.03. The van der Waals surface area contributed by atoms with E-state index in [0.717, 1.165) is 47.3 Å². The highest BCUT2D eigenvalue weighted by atomic mass is 15.3. The maximum atomic E-state index is 4.69. The van der Waals surface area contributed by atoms with E-state index in [1.54, 1.807) is 17.1 Å². The van der Waals surface area contributed by atoms with Gasteiger partial charge in [0, 0.05) is 37.3 Å². The first-order valence-electron chi connectivity index (χ1n) is 10.5. The molecule has 5 heterocycles. The van der Waals surface area contributed by atoms with Crippen LogP contribution in [0.4, 0.5) is 17.6 Å². The Morgan fingerprint density at radius 2 is 1.97 bits per heavy atom. The Kier molecular flexibility index (Phi) is 4.31. The molecule has 1 aliphatic rings. The second-order valence-electron chi connectivity index (χ2n) is 7.88. The van der Waals surface area contributed by atoms with Crippen molar-refractivity contribution >= 4 is 23.2 Å². The van der Waals surface area contributed by atoms with Gasteiger partial charge in [-0.05, 0) is 30.2 Å². The van der Waals surface area contributed by atoms with Crippen molar-refractivity contribution in [2.45, 2.75) is 12.3 Å². The zero-order valence-electron chi connectivity index (χ0n) is 17.5. The molecule has 0 unspecified atom stereocenters. The van der Waals surface area contributed by atoms with Gasteiger partial charge in [0.05, 0.1) is 11.9 Å². The second-order valence-corrected chi connectivity index (χ2v) is 7.88. The number of nitrogens with zero attached hydrogens (tertiary/aromatic N) is 7. The number of aryl methyl sites for hydroxylation is 1. The highest BCUT2D eigenvalue weighted by Gasteiger charge is 2.25. The highest BCUT2D eigenvalue weighted by molar-refractivity contribution is 5.71. The standard InChI is InChI=1S/C23H21N9/c1-31-19(8-10-26-31)28-23-24-9-7-18(27-23)16-12-20-25-14-17(11-15-5-3-2-4-6-15)22-30-29-21(13-16)32(20)22/h2-10,12-13,17,25H,11,14H2,1H3,(H,24,27,28)/t17-/m0/s1. The average molecular weight is 423 g/mol. The summed E-state index contributed by atoms with van der Waals surface area (Å²) in [7, 11) is 1.87. The van der Waals surface area contributed by atoms with Crippen LogP contribution in [0, 0.1) is 0 Å². The molecular formula is C23H21N9. The highest BCUT2D eigenvalue weighted by Crippen LogP contribution is 2.31. The van der Waals surface area contributed by atoms with Crippen LogP contribution in [0.5, 0.6) is 0 Å². The maximum absolute atomic E-state index is 4.69. The van der Waals surface area contributed by atoms with Crippen LogP contribution in [-0.4, -0.2) is 40.9 Å². The van der Waals surface area contributed by atoms with E-state index in [0.29, 0.717) is 5.95 Å². The fraction of sp³-hybridized carbons (Fsp3) is 0.174. The third kappa shape index (κ3) is 3.24. The van der Waals surface area contributed by atoms with Crippen molar-refractivity contribution in [2.75, 3.05) is 17.2 Å². The van der Waals surface area contributed by atoms with Gasteiger partial charge in [0.2, 0.25) is 5.95 Å². The molecule has 1 aromatic carbocycles. The van der Waals surface area contributed by atoms with Crippen molar-refractivity contribution in [3.8, 4) is 11.3 Å². The predicted octanol–water partition coefficient (Wildman–Crippen LogP) is 3.42. The Morgan fingerprint density at radius 1 is 1.06 bits per heavy atom. The third-order valence-electron chi connectivity index (χ3n) is 5.76. The third-order valence-corrected chi connectivity index (χ3v) is 5.76. The van der Waals surface area contributed by atoms with Gasteiger partial charge in [-0.3, -0.25) is 9.08 Å². The van der Waals surface area contributed by atoms with Crippen LogP contribution >= 0.6 is 0 Å². The van der Waals surface area contributed by atoms with Crippen molar-refractivity contribution in [3.63, 3.8) is 0 Å². The predicted molar refractivity (Wildman–Crippen MR) is 122 cm³/mol. The van der Waals surface area contributed by atoms with Crippen molar-refractivity contribution in [2.24, 2.45) is 7.05 Å². The largest absolute Gasteiger partial charge is 0.370 e. The number of pyridine rings is 1. The summed E-state index contributed by atoms with van der Waals surface area (Å²) in [5, 5.41) is 19.9. The summed E-state index contributed by atoms with van der Waals surface area (Å²) in [6.45, 7) is 0.809. The molecule has 0 aliphatic carbocycles. The minimum Gasteiger partial charge on any atom is -0.370 e. The summed E-state index contributed by atoms with van der Waals surface area (Å²) in [5.41, 5.74) is 3.86. The summed E-state index contributed by atoms with van der Waals surface area (Å²) in [5.74, 6) is 3.56. The lowest BCUT2D eigenvalue weighted by Gasteiger charge is -2.24. The van der Waals surface area contributed by atoms with Crippen LogP contribution in [0.2, 0.25) is 0 Å². The SMILES string of the molecule is Cn1nccc1Nc1nccc(-c2cc3n4c(nnc4c2)[C@@H](Cc2ccccc2)CN3)n1. The molecule has 6 rings (SSSR count). The molecule has 0 bridgehead atoms. The van der Waals surface area contributed by atoms with E-state index in [2.05, 4.69) is 70.6 Å². The molecular weight excluding hydrogens is 402 g/mol. The van der Waals surface area contributed by atoms with Crippen molar-refractivity contribution < 1.29 is 0 Å². The summed E-state index contributed by atoms with van der Waals surface area (Å²) in [6, 6.07) is 18.4. The van der Waals surface area contributed by atoms with Gasteiger partial charge >= 0.3 is 0 Å². The lowest BCUT2D eigenvalue weighted by molar-refractivity contribution is 0.635. The molecule has 5 aromatic rings. The number of aromatic nitrogens is 7. The minimum absolute atomic E-state index is 0.263. The molecule has 0 spiro atoms. The Labute approximate surface area is 184 Å². The Bertz CT molecular complexity index is 1400. The van der Waals surface area contributed by atoms with Gasteiger partial charge in [-0.1, -0.05) is 30.3 Å². The van der Waals surface area contributed by atoms with E-state index in [4.69, 9.17) is 0 Å². The fourth-order valence-corrected chi connectivity index (χ4v) is 4.16. The van der Waals surface area contributed by atoms with Crippen LogP contribution in [-0.2, 0) is 13.5 Å². The molecule has 4 aromatic heterocycles. The smallest absolute Gasteiger partial charge is 0.228 e. The van der Waals surface area contributed by atoms with Crippen LogP contribution < -0.4 is 10.6 Å². The molecule has 1 atom stereocenters. The van der Waals surface area contributed by atoms with Gasteiger partial charge in [0.15, 0.2) is 5.65 Å².